The summed E-state index contributed by atoms with van der Waals surface area (Å²) in [5.74, 6) is 0. The molecule has 0 fully saturated rings. The molecule has 0 saturated heterocycles. The zero-order valence-corrected chi connectivity index (χ0v) is 13.9. The van der Waals surface area contributed by atoms with Crippen LogP contribution in [0.4, 0.5) is 0 Å². The Morgan fingerprint density at radius 2 is 1.83 bits per heavy atom. The van der Waals surface area contributed by atoms with E-state index in [1.807, 2.05) is 67.7 Å². The molecule has 2 unspecified atom stereocenters. The highest BCUT2D eigenvalue weighted by molar-refractivity contribution is 7.55. The molecule has 0 aliphatic heterocycles. The third kappa shape index (κ3) is 3.56. The maximum atomic E-state index is 12.6. The van der Waals surface area contributed by atoms with Gasteiger partial charge < -0.3 is 9.88 Å². The van der Waals surface area contributed by atoms with Crippen molar-refractivity contribution in [1.29, 1.82) is 0 Å². The van der Waals surface area contributed by atoms with Crippen LogP contribution in [0.5, 0.6) is 0 Å². The van der Waals surface area contributed by atoms with Gasteiger partial charge in [0.2, 0.25) is 0 Å². The number of hydrogen-bond donors (Lipinski definition) is 3. The molecule has 2 aromatic carbocycles. The van der Waals surface area contributed by atoms with Crippen molar-refractivity contribution in [2.45, 2.75) is 18.6 Å². The van der Waals surface area contributed by atoms with Crippen LogP contribution in [0, 0.1) is 6.92 Å². The summed E-state index contributed by atoms with van der Waals surface area (Å²) in [6.45, 7) is 5.94. The van der Waals surface area contributed by atoms with E-state index in [0.29, 0.717) is 0 Å². The average molecular weight is 327 g/mol. The van der Waals surface area contributed by atoms with Crippen molar-refractivity contribution in [2.24, 2.45) is 0 Å². The molecule has 1 radical (unpaired) electrons. The molecule has 2 atom stereocenters. The van der Waals surface area contributed by atoms with Gasteiger partial charge in [-0.15, -0.1) is 0 Å². The summed E-state index contributed by atoms with van der Waals surface area (Å²) in [6.07, 6.45) is 1.91. The molecular formula is C18H20N2O2P. The van der Waals surface area contributed by atoms with E-state index in [-0.39, 0.29) is 6.16 Å². The predicted octanol–water partition coefficient (Wildman–Crippen LogP) is 4.19. The first-order valence-corrected chi connectivity index (χ1v) is 9.29. The molecule has 0 spiro atoms. The third-order valence-electron chi connectivity index (χ3n) is 3.84. The quantitative estimate of drug-likeness (QED) is 0.616. The van der Waals surface area contributed by atoms with Crippen molar-refractivity contribution in [3.63, 3.8) is 0 Å². The average Bonchev–Trinajstić information content (AvgIpc) is 2.91. The Labute approximate surface area is 136 Å². The minimum absolute atomic E-state index is 0.0707. The van der Waals surface area contributed by atoms with E-state index in [4.69, 9.17) is 0 Å². The fourth-order valence-electron chi connectivity index (χ4n) is 2.84. The van der Waals surface area contributed by atoms with Gasteiger partial charge in [0.25, 0.3) is 7.52 Å². The van der Waals surface area contributed by atoms with Gasteiger partial charge >= 0.3 is 0 Å². The fourth-order valence-corrected chi connectivity index (χ4v) is 4.52. The molecule has 3 rings (SSSR count). The summed E-state index contributed by atoms with van der Waals surface area (Å²) < 4.78 is 12.6. The molecule has 5 heteroatoms. The van der Waals surface area contributed by atoms with E-state index in [2.05, 4.69) is 17.0 Å². The lowest BCUT2D eigenvalue weighted by molar-refractivity contribution is 0.427. The molecule has 23 heavy (non-hydrogen) atoms. The molecule has 0 bridgehead atoms. The highest BCUT2D eigenvalue weighted by Crippen LogP contribution is 2.45. The largest absolute Gasteiger partial charge is 0.361 e. The maximum absolute atomic E-state index is 12.6. The van der Waals surface area contributed by atoms with Gasteiger partial charge in [0.15, 0.2) is 0 Å². The summed E-state index contributed by atoms with van der Waals surface area (Å²) >= 11 is 0. The highest BCUT2D eigenvalue weighted by Gasteiger charge is 2.32. The van der Waals surface area contributed by atoms with Crippen molar-refractivity contribution in [3.8, 4) is 0 Å². The summed E-state index contributed by atoms with van der Waals surface area (Å²) in [6, 6.07) is 17.1. The van der Waals surface area contributed by atoms with Crippen molar-refractivity contribution >= 4 is 18.4 Å². The molecule has 1 aromatic heterocycles. The first kappa shape index (κ1) is 16.0. The minimum atomic E-state index is -3.58. The number of aromatic amines is 1. The molecule has 0 saturated carbocycles. The van der Waals surface area contributed by atoms with Crippen LogP contribution in [0.25, 0.3) is 10.9 Å². The van der Waals surface area contributed by atoms with Gasteiger partial charge in [-0.3, -0.25) is 4.57 Å². The fraction of sp³-hybridized carbons (Fsp3) is 0.167. The van der Waals surface area contributed by atoms with Crippen molar-refractivity contribution in [3.05, 3.63) is 78.8 Å². The highest BCUT2D eigenvalue weighted by atomic mass is 31.2. The minimum Gasteiger partial charge on any atom is -0.361 e. The summed E-state index contributed by atoms with van der Waals surface area (Å²) in [7, 11) is -3.58. The topological polar surface area (TPSA) is 65.1 Å². The molecular weight excluding hydrogens is 307 g/mol. The van der Waals surface area contributed by atoms with Gasteiger partial charge in [0, 0.05) is 17.1 Å². The second-order valence-corrected chi connectivity index (χ2v) is 7.98. The molecule has 0 aliphatic rings. The zero-order valence-electron chi connectivity index (χ0n) is 13.0. The van der Waals surface area contributed by atoms with Crippen molar-refractivity contribution in [1.82, 2.24) is 10.1 Å². The maximum Gasteiger partial charge on any atom is 0.272 e. The standard InChI is InChI=1S/C18H20N2O2P/c1-18(2,16-12-19-17-11-7-6-10-15(16)17)20-23(21,22)13-14-8-4-3-5-9-14/h3-12,19H,1,13H2,2H3,(H2,20,21,22). The number of benzene rings is 2. The monoisotopic (exact) mass is 327 g/mol. The lowest BCUT2D eigenvalue weighted by Gasteiger charge is -2.29. The van der Waals surface area contributed by atoms with E-state index in [1.165, 1.54) is 0 Å². The molecule has 1 heterocycles. The predicted molar refractivity (Wildman–Crippen MR) is 94.1 cm³/mol. The number of aromatic nitrogens is 1. The number of hydrogen-bond acceptors (Lipinski definition) is 1. The third-order valence-corrected chi connectivity index (χ3v) is 5.48. The van der Waals surface area contributed by atoms with Crippen LogP contribution < -0.4 is 5.09 Å². The Morgan fingerprint density at radius 3 is 2.57 bits per heavy atom. The summed E-state index contributed by atoms with van der Waals surface area (Å²) in [4.78, 5) is 13.5. The van der Waals surface area contributed by atoms with E-state index in [1.54, 1.807) is 0 Å². The van der Waals surface area contributed by atoms with Crippen LogP contribution >= 0.6 is 7.52 Å². The van der Waals surface area contributed by atoms with E-state index >= 15 is 0 Å². The van der Waals surface area contributed by atoms with Gasteiger partial charge in [-0.05, 0) is 31.0 Å². The molecule has 119 valence electrons. The number of para-hydroxylation sites is 1. The molecule has 0 amide bonds. The van der Waals surface area contributed by atoms with Gasteiger partial charge in [-0.1, -0.05) is 48.5 Å². The number of fused-ring (bicyclic) bond motifs is 1. The molecule has 0 aliphatic carbocycles. The number of rotatable bonds is 5. The number of nitrogens with one attached hydrogen (secondary N) is 2. The molecule has 4 nitrogen and oxygen atoms in total. The molecule has 3 aromatic rings. The van der Waals surface area contributed by atoms with Crippen LogP contribution in [0.15, 0.2) is 60.8 Å². The Hall–Kier alpha value is -1.87. The normalized spacial score (nSPS) is 14.7. The van der Waals surface area contributed by atoms with Crippen LogP contribution in [0.1, 0.15) is 18.1 Å². The van der Waals surface area contributed by atoms with Crippen LogP contribution in [0.3, 0.4) is 0 Å². The SMILES string of the molecule is [CH2]C(C)(NP(=O)(O)Cc1ccccc1)c1c[nH]c2ccccc12. The smallest absolute Gasteiger partial charge is 0.272 e. The van der Waals surface area contributed by atoms with Gasteiger partial charge in [0.05, 0.1) is 11.7 Å². The lowest BCUT2D eigenvalue weighted by atomic mass is 9.95. The van der Waals surface area contributed by atoms with Gasteiger partial charge in [0.1, 0.15) is 0 Å². The first-order chi connectivity index (χ1) is 10.9. The second-order valence-electron chi connectivity index (χ2n) is 6.04. The Balaban J connectivity index is 1.86. The van der Waals surface area contributed by atoms with Gasteiger partial charge in [-0.25, -0.2) is 5.09 Å². The van der Waals surface area contributed by atoms with Crippen LogP contribution in [-0.4, -0.2) is 9.88 Å². The lowest BCUT2D eigenvalue weighted by Crippen LogP contribution is -2.34. The zero-order chi connectivity index (χ0) is 16.5. The molecule has 3 N–H and O–H groups in total. The summed E-state index contributed by atoms with van der Waals surface area (Å²) in [5.41, 5.74) is 1.80. The van der Waals surface area contributed by atoms with Gasteiger partial charge in [-0.2, -0.15) is 0 Å². The van der Waals surface area contributed by atoms with E-state index in [9.17, 15) is 9.46 Å². The van der Waals surface area contributed by atoms with Crippen molar-refractivity contribution < 1.29 is 9.46 Å². The summed E-state index contributed by atoms with van der Waals surface area (Å²) in [5, 5.41) is 3.85. The number of H-pyrrole nitrogens is 1. The second kappa shape index (κ2) is 5.97. The van der Waals surface area contributed by atoms with Crippen molar-refractivity contribution in [2.75, 3.05) is 0 Å². The Morgan fingerprint density at radius 1 is 1.17 bits per heavy atom. The van der Waals surface area contributed by atoms with E-state index in [0.717, 1.165) is 22.0 Å². The van der Waals surface area contributed by atoms with E-state index < -0.39 is 13.1 Å². The Kier molecular flexibility index (Phi) is 4.15. The van der Waals surface area contributed by atoms with Crippen LogP contribution in [-0.2, 0) is 16.3 Å². The Bertz CT molecular complexity index is 856. The van der Waals surface area contributed by atoms with Crippen LogP contribution in [0.2, 0.25) is 0 Å². The first-order valence-electron chi connectivity index (χ1n) is 7.44.